The second-order valence-electron chi connectivity index (χ2n) is 9.22. The summed E-state index contributed by atoms with van der Waals surface area (Å²) in [4.78, 5) is 17.5. The number of aliphatic hydroxyl groups excluding tert-OH is 1. The Hall–Kier alpha value is -1.43. The molecule has 0 radical (unpaired) electrons. The van der Waals surface area contributed by atoms with Crippen molar-refractivity contribution in [1.29, 1.82) is 0 Å². The Morgan fingerprint density at radius 3 is 2.61 bits per heavy atom. The predicted molar refractivity (Wildman–Crippen MR) is 111 cm³/mol. The third-order valence-corrected chi connectivity index (χ3v) is 6.28. The largest absolute Gasteiger partial charge is 0.396 e. The molecular formula is C23H36N2O3. The molecule has 0 spiro atoms. The van der Waals surface area contributed by atoms with Crippen LogP contribution in [-0.2, 0) is 6.42 Å². The molecule has 1 atom stereocenters. The normalized spacial score (nSPS) is 22.4. The Labute approximate surface area is 169 Å². The second-order valence-corrected chi connectivity index (χ2v) is 9.22. The topological polar surface area (TPSA) is 64.0 Å². The van der Waals surface area contributed by atoms with E-state index in [2.05, 4.69) is 4.90 Å². The first-order valence-electron chi connectivity index (χ1n) is 10.8. The molecule has 2 aliphatic heterocycles. The van der Waals surface area contributed by atoms with Gasteiger partial charge in [-0.25, -0.2) is 0 Å². The van der Waals surface area contributed by atoms with Crippen molar-refractivity contribution >= 4 is 5.91 Å². The molecule has 2 fully saturated rings. The number of hydrogen-bond acceptors (Lipinski definition) is 4. The molecular weight excluding hydrogens is 352 g/mol. The van der Waals surface area contributed by atoms with Gasteiger partial charge in [-0.05, 0) is 82.5 Å². The molecule has 5 heteroatoms. The van der Waals surface area contributed by atoms with E-state index in [1.165, 1.54) is 6.42 Å². The van der Waals surface area contributed by atoms with Gasteiger partial charge in [0, 0.05) is 37.8 Å². The van der Waals surface area contributed by atoms with Crippen LogP contribution in [0.1, 0.15) is 61.9 Å². The first-order chi connectivity index (χ1) is 13.4. The van der Waals surface area contributed by atoms with Gasteiger partial charge in [0.05, 0.1) is 5.60 Å². The van der Waals surface area contributed by atoms with Gasteiger partial charge in [-0.3, -0.25) is 9.69 Å². The average Bonchev–Trinajstić information content (AvgIpc) is 2.71. The van der Waals surface area contributed by atoms with Crippen molar-refractivity contribution in [1.82, 2.24) is 9.80 Å². The van der Waals surface area contributed by atoms with Crippen molar-refractivity contribution in [3.05, 3.63) is 35.4 Å². The van der Waals surface area contributed by atoms with Crippen LogP contribution in [0.3, 0.4) is 0 Å². The van der Waals surface area contributed by atoms with E-state index in [0.29, 0.717) is 18.4 Å². The Morgan fingerprint density at radius 2 is 1.93 bits per heavy atom. The van der Waals surface area contributed by atoms with Crippen molar-refractivity contribution in [2.75, 3.05) is 32.8 Å². The fourth-order valence-electron chi connectivity index (χ4n) is 4.50. The summed E-state index contributed by atoms with van der Waals surface area (Å²) in [7, 11) is 0. The minimum Gasteiger partial charge on any atom is -0.396 e. The molecule has 0 saturated carbocycles. The molecule has 1 aromatic carbocycles. The first kappa shape index (κ1) is 21.3. The number of amides is 1. The zero-order valence-corrected chi connectivity index (χ0v) is 17.4. The zero-order chi connectivity index (χ0) is 20.1. The monoisotopic (exact) mass is 388 g/mol. The summed E-state index contributed by atoms with van der Waals surface area (Å²) >= 11 is 0. The smallest absolute Gasteiger partial charge is 0.253 e. The third-order valence-electron chi connectivity index (χ3n) is 6.28. The van der Waals surface area contributed by atoms with Crippen molar-refractivity contribution < 1.29 is 15.0 Å². The van der Waals surface area contributed by atoms with Gasteiger partial charge in [0.1, 0.15) is 0 Å². The van der Waals surface area contributed by atoms with Gasteiger partial charge in [0.2, 0.25) is 0 Å². The van der Waals surface area contributed by atoms with Crippen LogP contribution in [0.2, 0.25) is 0 Å². The zero-order valence-electron chi connectivity index (χ0n) is 17.4. The number of likely N-dealkylation sites (tertiary alicyclic amines) is 2. The summed E-state index contributed by atoms with van der Waals surface area (Å²) in [5, 5.41) is 19.4. The molecule has 0 aromatic heterocycles. The molecule has 2 N–H and O–H groups in total. The molecule has 1 amide bonds. The number of piperidine rings is 2. The fourth-order valence-corrected chi connectivity index (χ4v) is 4.50. The lowest BCUT2D eigenvalue weighted by Crippen LogP contribution is -2.50. The Bertz CT molecular complexity index is 647. The molecule has 0 aliphatic carbocycles. The standard InChI is InChI=1S/C23H36N2O3/c1-23(2,28)11-8-18-5-3-7-20(15-18)22(27)24-13-9-21(10-14-24)25-12-4-6-19(16-25)17-26/h3,5,7,15,19,21,26,28H,4,6,8-14,16-17H2,1-2H3/t19-/m0/s1. The minimum atomic E-state index is -0.689. The summed E-state index contributed by atoms with van der Waals surface area (Å²) in [6.07, 6.45) is 5.79. The summed E-state index contributed by atoms with van der Waals surface area (Å²) < 4.78 is 0. The van der Waals surface area contributed by atoms with Crippen LogP contribution in [0, 0.1) is 5.92 Å². The summed E-state index contributed by atoms with van der Waals surface area (Å²) in [5.74, 6) is 0.537. The molecule has 1 aromatic rings. The van der Waals surface area contributed by atoms with Gasteiger partial charge in [0.25, 0.3) is 5.91 Å². The highest BCUT2D eigenvalue weighted by Gasteiger charge is 2.30. The number of benzene rings is 1. The highest BCUT2D eigenvalue weighted by atomic mass is 16.3. The van der Waals surface area contributed by atoms with Gasteiger partial charge in [-0.1, -0.05) is 12.1 Å². The molecule has 3 rings (SSSR count). The number of carbonyl (C=O) groups is 1. The maximum Gasteiger partial charge on any atom is 0.253 e. The Kier molecular flexibility index (Phi) is 7.13. The summed E-state index contributed by atoms with van der Waals surface area (Å²) in [5.41, 5.74) is 1.17. The van der Waals surface area contributed by atoms with Gasteiger partial charge in [-0.2, -0.15) is 0 Å². The lowest BCUT2D eigenvalue weighted by molar-refractivity contribution is 0.0455. The molecule has 156 valence electrons. The highest BCUT2D eigenvalue weighted by molar-refractivity contribution is 5.94. The van der Waals surface area contributed by atoms with E-state index in [9.17, 15) is 15.0 Å². The maximum absolute atomic E-state index is 13.0. The van der Waals surface area contributed by atoms with E-state index < -0.39 is 5.60 Å². The van der Waals surface area contributed by atoms with Gasteiger partial charge >= 0.3 is 0 Å². The van der Waals surface area contributed by atoms with Crippen LogP contribution in [0.25, 0.3) is 0 Å². The van der Waals surface area contributed by atoms with Crippen LogP contribution < -0.4 is 0 Å². The van der Waals surface area contributed by atoms with E-state index in [0.717, 1.165) is 63.0 Å². The van der Waals surface area contributed by atoms with E-state index in [1.807, 2.05) is 43.0 Å². The van der Waals surface area contributed by atoms with Gasteiger partial charge in [-0.15, -0.1) is 0 Å². The molecule has 0 unspecified atom stereocenters. The lowest BCUT2D eigenvalue weighted by Gasteiger charge is -2.42. The van der Waals surface area contributed by atoms with Crippen LogP contribution in [0.5, 0.6) is 0 Å². The van der Waals surface area contributed by atoms with Gasteiger partial charge < -0.3 is 15.1 Å². The Balaban J connectivity index is 1.53. The summed E-state index contributed by atoms with van der Waals surface area (Å²) in [6, 6.07) is 8.40. The summed E-state index contributed by atoms with van der Waals surface area (Å²) in [6.45, 7) is 7.65. The minimum absolute atomic E-state index is 0.121. The van der Waals surface area contributed by atoms with Crippen molar-refractivity contribution in [2.45, 2.75) is 64.0 Å². The van der Waals surface area contributed by atoms with E-state index in [4.69, 9.17) is 0 Å². The van der Waals surface area contributed by atoms with Crippen LogP contribution in [-0.4, -0.2) is 70.3 Å². The number of hydrogen-bond donors (Lipinski definition) is 2. The lowest BCUT2D eigenvalue weighted by atomic mass is 9.94. The van der Waals surface area contributed by atoms with E-state index in [1.54, 1.807) is 0 Å². The molecule has 2 heterocycles. The molecule has 2 saturated heterocycles. The third kappa shape index (κ3) is 5.79. The maximum atomic E-state index is 13.0. The van der Waals surface area contributed by atoms with Gasteiger partial charge in [0.15, 0.2) is 0 Å². The quantitative estimate of drug-likeness (QED) is 0.786. The molecule has 0 bridgehead atoms. The number of carbonyl (C=O) groups excluding carboxylic acids is 1. The van der Waals surface area contributed by atoms with Crippen molar-refractivity contribution in [3.8, 4) is 0 Å². The molecule has 5 nitrogen and oxygen atoms in total. The number of aliphatic hydroxyl groups is 2. The fraction of sp³-hybridized carbons (Fsp3) is 0.696. The second kappa shape index (κ2) is 9.38. The van der Waals surface area contributed by atoms with Crippen LogP contribution in [0.4, 0.5) is 0 Å². The highest BCUT2D eigenvalue weighted by Crippen LogP contribution is 2.24. The number of nitrogens with zero attached hydrogens (tertiary/aromatic N) is 2. The van der Waals surface area contributed by atoms with E-state index in [-0.39, 0.29) is 12.5 Å². The Morgan fingerprint density at radius 1 is 1.18 bits per heavy atom. The SMILES string of the molecule is CC(C)(O)CCc1cccc(C(=O)N2CCC(N3CCC[C@H](CO)C3)CC2)c1. The van der Waals surface area contributed by atoms with Crippen molar-refractivity contribution in [2.24, 2.45) is 5.92 Å². The molecule has 28 heavy (non-hydrogen) atoms. The molecule has 2 aliphatic rings. The van der Waals surface area contributed by atoms with Crippen LogP contribution >= 0.6 is 0 Å². The number of rotatable bonds is 6. The average molecular weight is 389 g/mol. The van der Waals surface area contributed by atoms with E-state index >= 15 is 0 Å². The first-order valence-corrected chi connectivity index (χ1v) is 10.8. The number of aryl methyl sites for hydroxylation is 1. The van der Waals surface area contributed by atoms with Crippen molar-refractivity contribution in [3.63, 3.8) is 0 Å². The van der Waals surface area contributed by atoms with Crippen LogP contribution in [0.15, 0.2) is 24.3 Å². The predicted octanol–water partition coefficient (Wildman–Crippen LogP) is 2.70.